The lowest BCUT2D eigenvalue weighted by Crippen LogP contribution is -2.53. The molecule has 2 aliphatic heterocycles. The highest BCUT2D eigenvalue weighted by molar-refractivity contribution is 5.31. The predicted octanol–water partition coefficient (Wildman–Crippen LogP) is 6.10. The summed E-state index contributed by atoms with van der Waals surface area (Å²) >= 11 is 0. The highest BCUT2D eigenvalue weighted by atomic mass is 16.7. The summed E-state index contributed by atoms with van der Waals surface area (Å²) in [6.07, 6.45) is 10.9. The first kappa shape index (κ1) is 21.2. The average Bonchev–Trinajstić information content (AvgIpc) is 3.17. The van der Waals surface area contributed by atoms with Crippen LogP contribution in [0.15, 0.2) is 11.1 Å². The molecule has 5 fully saturated rings. The van der Waals surface area contributed by atoms with Crippen molar-refractivity contribution >= 4 is 0 Å². The van der Waals surface area contributed by atoms with Gasteiger partial charge < -0.3 is 14.6 Å². The SMILES string of the molecule is CC1=C2C[C@H](O)CC[C@@]2(C)[C@@H]2CC[C@@]3(C)[C@@H]4[C@@H](C)[C@]5(CC[C@@H](C)CO5)O[C@@H]4C[C@@H]3[C@H]2C1. The molecular formula is C28H44O3. The summed E-state index contributed by atoms with van der Waals surface area (Å²) < 4.78 is 13.4. The van der Waals surface area contributed by atoms with E-state index >= 15 is 0 Å². The molecule has 0 bridgehead atoms. The Morgan fingerprint density at radius 2 is 1.77 bits per heavy atom. The van der Waals surface area contributed by atoms with Crippen molar-refractivity contribution in [2.75, 3.05) is 6.61 Å². The average molecular weight is 429 g/mol. The van der Waals surface area contributed by atoms with E-state index in [-0.39, 0.29) is 11.9 Å². The number of aliphatic hydroxyl groups is 1. The Balaban J connectivity index is 1.30. The van der Waals surface area contributed by atoms with Gasteiger partial charge in [0.25, 0.3) is 0 Å². The Hall–Kier alpha value is -0.380. The van der Waals surface area contributed by atoms with Crippen molar-refractivity contribution in [2.45, 2.75) is 110 Å². The normalized spacial score (nSPS) is 58.6. The topological polar surface area (TPSA) is 38.7 Å². The number of fused-ring (bicyclic) bond motifs is 7. The first-order valence-corrected chi connectivity index (χ1v) is 13.4. The molecule has 0 aromatic heterocycles. The first-order chi connectivity index (χ1) is 14.7. The number of ether oxygens (including phenoxy) is 2. The van der Waals surface area contributed by atoms with Crippen LogP contribution in [0.1, 0.15) is 92.4 Å². The number of hydrogen-bond acceptors (Lipinski definition) is 3. The summed E-state index contributed by atoms with van der Waals surface area (Å²) in [5.41, 5.74) is 3.95. The van der Waals surface area contributed by atoms with Gasteiger partial charge in [0.15, 0.2) is 5.79 Å². The molecule has 6 aliphatic rings. The Labute approximate surface area is 189 Å². The summed E-state index contributed by atoms with van der Waals surface area (Å²) in [6.45, 7) is 13.2. The fraction of sp³-hybridized carbons (Fsp3) is 0.929. The van der Waals surface area contributed by atoms with E-state index in [2.05, 4.69) is 34.6 Å². The maximum absolute atomic E-state index is 10.4. The largest absolute Gasteiger partial charge is 0.393 e. The van der Waals surface area contributed by atoms with Gasteiger partial charge in [0, 0.05) is 12.3 Å². The third-order valence-corrected chi connectivity index (χ3v) is 11.7. The molecule has 3 heteroatoms. The summed E-state index contributed by atoms with van der Waals surface area (Å²) in [6, 6.07) is 0. The molecule has 1 N–H and O–H groups in total. The van der Waals surface area contributed by atoms with Gasteiger partial charge in [-0.3, -0.25) is 0 Å². The second-order valence-corrected chi connectivity index (χ2v) is 13.2. The van der Waals surface area contributed by atoms with Crippen LogP contribution in [0, 0.1) is 46.3 Å². The van der Waals surface area contributed by atoms with Gasteiger partial charge in [-0.2, -0.15) is 0 Å². The molecule has 1 spiro atoms. The van der Waals surface area contributed by atoms with Crippen LogP contribution < -0.4 is 0 Å². The smallest absolute Gasteiger partial charge is 0.171 e. The molecule has 0 radical (unpaired) electrons. The number of aliphatic hydroxyl groups excluding tert-OH is 1. The highest BCUT2D eigenvalue weighted by Gasteiger charge is 2.68. The first-order valence-electron chi connectivity index (χ1n) is 13.4. The lowest BCUT2D eigenvalue weighted by molar-refractivity contribution is -0.272. The molecule has 174 valence electrons. The van der Waals surface area contributed by atoms with Crippen LogP contribution >= 0.6 is 0 Å². The van der Waals surface area contributed by atoms with E-state index in [0.717, 1.165) is 43.6 Å². The zero-order chi connectivity index (χ0) is 21.8. The van der Waals surface area contributed by atoms with Gasteiger partial charge in [0.2, 0.25) is 0 Å². The third-order valence-electron chi connectivity index (χ3n) is 11.7. The Morgan fingerprint density at radius 1 is 0.968 bits per heavy atom. The van der Waals surface area contributed by atoms with Gasteiger partial charge in [-0.15, -0.1) is 0 Å². The van der Waals surface area contributed by atoms with E-state index in [1.807, 2.05) is 0 Å². The van der Waals surface area contributed by atoms with Crippen LogP contribution in [0.2, 0.25) is 0 Å². The summed E-state index contributed by atoms with van der Waals surface area (Å²) in [5, 5.41) is 10.4. The molecule has 4 aliphatic carbocycles. The van der Waals surface area contributed by atoms with Crippen LogP contribution in [0.5, 0.6) is 0 Å². The highest BCUT2D eigenvalue weighted by Crippen LogP contribution is 2.71. The van der Waals surface area contributed by atoms with Gasteiger partial charge in [0.1, 0.15) is 0 Å². The molecule has 0 unspecified atom stereocenters. The van der Waals surface area contributed by atoms with E-state index in [4.69, 9.17) is 9.47 Å². The van der Waals surface area contributed by atoms with E-state index in [9.17, 15) is 5.11 Å². The Kier molecular flexibility index (Phi) is 4.66. The lowest BCUT2D eigenvalue weighted by Gasteiger charge is -2.59. The van der Waals surface area contributed by atoms with Crippen LogP contribution in [0.4, 0.5) is 0 Å². The lowest BCUT2D eigenvalue weighted by atomic mass is 9.46. The standard InChI is InChI=1S/C28H44O3/c1-16-6-11-28(30-15-16)18(3)25-24(31-28)14-23-20-12-17(2)22-13-19(29)7-9-26(22,4)21(20)8-10-27(23,25)5/h16,18-21,23-25,29H,6-15H2,1-5H3/t16-,18-,19-,20+,21-,23-,24-,25-,26+,27-,28+/m1/s1. The monoisotopic (exact) mass is 428 g/mol. The van der Waals surface area contributed by atoms with Gasteiger partial charge in [-0.1, -0.05) is 38.8 Å². The van der Waals surface area contributed by atoms with Crippen molar-refractivity contribution in [3.8, 4) is 0 Å². The Bertz CT molecular complexity index is 779. The van der Waals surface area contributed by atoms with Gasteiger partial charge >= 0.3 is 0 Å². The molecule has 2 heterocycles. The summed E-state index contributed by atoms with van der Waals surface area (Å²) in [5.74, 6) is 3.91. The minimum absolute atomic E-state index is 0.113. The number of allylic oxidation sites excluding steroid dienone is 1. The minimum Gasteiger partial charge on any atom is -0.393 e. The maximum Gasteiger partial charge on any atom is 0.171 e. The molecule has 3 saturated carbocycles. The zero-order valence-electron chi connectivity index (χ0n) is 20.5. The van der Waals surface area contributed by atoms with Crippen molar-refractivity contribution in [3.05, 3.63) is 11.1 Å². The molecule has 0 aromatic carbocycles. The molecule has 0 amide bonds. The molecule has 11 atom stereocenters. The second kappa shape index (κ2) is 6.83. The van der Waals surface area contributed by atoms with Crippen LogP contribution in [0.25, 0.3) is 0 Å². The van der Waals surface area contributed by atoms with Crippen LogP contribution in [-0.4, -0.2) is 29.7 Å². The molecule has 31 heavy (non-hydrogen) atoms. The number of rotatable bonds is 0. The van der Waals surface area contributed by atoms with Crippen molar-refractivity contribution in [1.82, 2.24) is 0 Å². The van der Waals surface area contributed by atoms with E-state index in [1.54, 1.807) is 11.1 Å². The van der Waals surface area contributed by atoms with E-state index < -0.39 is 0 Å². The van der Waals surface area contributed by atoms with E-state index in [0.29, 0.717) is 34.7 Å². The molecular weight excluding hydrogens is 384 g/mol. The molecule has 6 rings (SSSR count). The minimum atomic E-state index is -0.298. The van der Waals surface area contributed by atoms with Crippen molar-refractivity contribution < 1.29 is 14.6 Å². The summed E-state index contributed by atoms with van der Waals surface area (Å²) in [7, 11) is 0. The van der Waals surface area contributed by atoms with E-state index in [1.165, 1.54) is 38.5 Å². The predicted molar refractivity (Wildman–Crippen MR) is 122 cm³/mol. The van der Waals surface area contributed by atoms with Crippen molar-refractivity contribution in [3.63, 3.8) is 0 Å². The van der Waals surface area contributed by atoms with Crippen LogP contribution in [-0.2, 0) is 9.47 Å². The van der Waals surface area contributed by atoms with Crippen molar-refractivity contribution in [1.29, 1.82) is 0 Å². The zero-order valence-corrected chi connectivity index (χ0v) is 20.5. The van der Waals surface area contributed by atoms with Gasteiger partial charge in [0.05, 0.1) is 18.8 Å². The quantitative estimate of drug-likeness (QED) is 0.474. The molecule has 3 nitrogen and oxygen atoms in total. The summed E-state index contributed by atoms with van der Waals surface area (Å²) in [4.78, 5) is 0. The van der Waals surface area contributed by atoms with Crippen molar-refractivity contribution in [2.24, 2.45) is 46.3 Å². The van der Waals surface area contributed by atoms with Gasteiger partial charge in [-0.25, -0.2) is 0 Å². The molecule has 0 aromatic rings. The third kappa shape index (κ3) is 2.75. The number of hydrogen-bond donors (Lipinski definition) is 1. The Morgan fingerprint density at radius 3 is 2.52 bits per heavy atom. The molecule has 2 saturated heterocycles. The fourth-order valence-corrected chi connectivity index (χ4v) is 10.1. The fourth-order valence-electron chi connectivity index (χ4n) is 10.1. The second-order valence-electron chi connectivity index (χ2n) is 13.2. The van der Waals surface area contributed by atoms with Gasteiger partial charge in [-0.05, 0) is 98.7 Å². The maximum atomic E-state index is 10.4. The van der Waals surface area contributed by atoms with Crippen LogP contribution in [0.3, 0.4) is 0 Å².